The number of carboxylic acids is 2. The van der Waals surface area contributed by atoms with Crippen molar-refractivity contribution < 1.29 is 33.0 Å². The second-order valence-electron chi connectivity index (χ2n) is 7.76. The van der Waals surface area contributed by atoms with Gasteiger partial charge >= 0.3 is 18.0 Å². The zero-order chi connectivity index (χ0) is 26.9. The molecular formula is C24H26N4O7S. The van der Waals surface area contributed by atoms with E-state index in [2.05, 4.69) is 15.6 Å². The van der Waals surface area contributed by atoms with Crippen molar-refractivity contribution >= 4 is 39.4 Å². The van der Waals surface area contributed by atoms with Crippen molar-refractivity contribution in [3.63, 3.8) is 0 Å². The molecule has 190 valence electrons. The minimum atomic E-state index is -4.05. The Morgan fingerprint density at radius 2 is 1.53 bits per heavy atom. The molecule has 0 saturated heterocycles. The number of aryl methyl sites for hydroxylation is 1. The summed E-state index contributed by atoms with van der Waals surface area (Å²) in [6.07, 6.45) is 2.68. The summed E-state index contributed by atoms with van der Waals surface area (Å²) in [5.41, 5.74) is 1.73. The van der Waals surface area contributed by atoms with Gasteiger partial charge in [0.05, 0.1) is 16.8 Å². The third-order valence-electron chi connectivity index (χ3n) is 4.41. The monoisotopic (exact) mass is 514 g/mol. The fourth-order valence-electron chi connectivity index (χ4n) is 2.90. The molecule has 5 N–H and O–H groups in total. The Morgan fingerprint density at radius 3 is 2.06 bits per heavy atom. The molecule has 0 radical (unpaired) electrons. The molecule has 11 nitrogen and oxygen atoms in total. The van der Waals surface area contributed by atoms with Crippen LogP contribution >= 0.6 is 0 Å². The van der Waals surface area contributed by atoms with Gasteiger partial charge in [-0.05, 0) is 56.7 Å². The maximum Gasteiger partial charge on any atom is 0.336 e. The van der Waals surface area contributed by atoms with Crippen molar-refractivity contribution in [2.75, 3.05) is 5.32 Å². The first-order valence-electron chi connectivity index (χ1n) is 10.6. The molecule has 0 atom stereocenters. The molecule has 36 heavy (non-hydrogen) atoms. The van der Waals surface area contributed by atoms with Crippen LogP contribution in [0.15, 0.2) is 71.9 Å². The smallest absolute Gasteiger partial charge is 0.336 e. The van der Waals surface area contributed by atoms with Gasteiger partial charge in [0.1, 0.15) is 4.90 Å². The van der Waals surface area contributed by atoms with Gasteiger partial charge in [0, 0.05) is 24.1 Å². The van der Waals surface area contributed by atoms with Crippen molar-refractivity contribution in [2.24, 2.45) is 0 Å². The van der Waals surface area contributed by atoms with Crippen LogP contribution in [0.5, 0.6) is 0 Å². The van der Waals surface area contributed by atoms with E-state index in [4.69, 9.17) is 10.2 Å². The first-order valence-corrected chi connectivity index (χ1v) is 12.1. The normalized spacial score (nSPS) is 10.6. The van der Waals surface area contributed by atoms with Gasteiger partial charge in [-0.2, -0.15) is 0 Å². The summed E-state index contributed by atoms with van der Waals surface area (Å²) in [5, 5.41) is 22.6. The molecule has 2 amide bonds. The number of carboxylic acid groups (broad SMARTS) is 2. The Bertz CT molecular complexity index is 1320. The van der Waals surface area contributed by atoms with Crippen LogP contribution in [0, 0.1) is 6.92 Å². The van der Waals surface area contributed by atoms with Gasteiger partial charge in [-0.1, -0.05) is 24.3 Å². The average molecular weight is 515 g/mol. The lowest BCUT2D eigenvalue weighted by atomic mass is 10.1. The first kappa shape index (κ1) is 27.8. The quantitative estimate of drug-likeness (QED) is 0.315. The Labute approximate surface area is 208 Å². The maximum absolute atomic E-state index is 12.5. The summed E-state index contributed by atoms with van der Waals surface area (Å²) in [6, 6.07) is 13.6. The molecule has 0 aliphatic rings. The molecule has 3 rings (SSSR count). The molecular weight excluding hydrogens is 488 g/mol. The number of aromatic carboxylic acids is 2. The predicted octanol–water partition coefficient (Wildman–Crippen LogP) is 3.61. The van der Waals surface area contributed by atoms with Crippen LogP contribution in [0.3, 0.4) is 0 Å². The SMILES string of the molecule is Cc1cccc(Nc2ccncc2S(=O)(=O)NC(=O)NC(C)C)c1.O=C(O)c1ccccc1C(=O)O. The second-order valence-corrected chi connectivity index (χ2v) is 9.41. The van der Waals surface area contributed by atoms with Crippen LogP contribution in [-0.4, -0.2) is 47.6 Å². The predicted molar refractivity (Wildman–Crippen MR) is 133 cm³/mol. The van der Waals surface area contributed by atoms with Crippen LogP contribution in [0.1, 0.15) is 40.1 Å². The number of sulfonamides is 1. The number of urea groups is 1. The lowest BCUT2D eigenvalue weighted by molar-refractivity contribution is 0.0651. The molecule has 0 aliphatic heterocycles. The number of carbonyl (C=O) groups excluding carboxylic acids is 1. The van der Waals surface area contributed by atoms with Crippen LogP contribution < -0.4 is 15.4 Å². The van der Waals surface area contributed by atoms with E-state index in [9.17, 15) is 22.8 Å². The fourth-order valence-corrected chi connectivity index (χ4v) is 3.92. The van der Waals surface area contributed by atoms with E-state index in [0.29, 0.717) is 5.69 Å². The lowest BCUT2D eigenvalue weighted by Gasteiger charge is -2.14. The van der Waals surface area contributed by atoms with Crippen LogP contribution in [-0.2, 0) is 10.0 Å². The summed E-state index contributed by atoms with van der Waals surface area (Å²) >= 11 is 0. The minimum Gasteiger partial charge on any atom is -0.478 e. The molecule has 0 aliphatic carbocycles. The fraction of sp³-hybridized carbons (Fsp3) is 0.167. The molecule has 1 aromatic heterocycles. The number of amides is 2. The van der Waals surface area contributed by atoms with Crippen LogP contribution in [0.4, 0.5) is 16.2 Å². The van der Waals surface area contributed by atoms with Gasteiger partial charge in [0.25, 0.3) is 10.0 Å². The van der Waals surface area contributed by atoms with Gasteiger partial charge in [0.15, 0.2) is 0 Å². The third kappa shape index (κ3) is 8.09. The van der Waals surface area contributed by atoms with Crippen molar-refractivity contribution in [1.82, 2.24) is 15.0 Å². The Balaban J connectivity index is 0.000000319. The summed E-state index contributed by atoms with van der Waals surface area (Å²) in [7, 11) is -4.05. The summed E-state index contributed by atoms with van der Waals surface area (Å²) in [6.45, 7) is 5.41. The minimum absolute atomic E-state index is 0.106. The highest BCUT2D eigenvalue weighted by Gasteiger charge is 2.22. The third-order valence-corrected chi connectivity index (χ3v) is 5.76. The van der Waals surface area contributed by atoms with E-state index in [1.165, 1.54) is 42.7 Å². The number of hydrogen-bond donors (Lipinski definition) is 5. The largest absolute Gasteiger partial charge is 0.478 e. The van der Waals surface area contributed by atoms with E-state index >= 15 is 0 Å². The molecule has 0 fully saturated rings. The molecule has 3 aromatic rings. The van der Waals surface area contributed by atoms with Crippen molar-refractivity contribution in [2.45, 2.75) is 31.7 Å². The summed E-state index contributed by atoms with van der Waals surface area (Å²) in [4.78, 5) is 36.4. The number of rotatable bonds is 7. The highest BCUT2D eigenvalue weighted by atomic mass is 32.2. The number of carbonyl (C=O) groups is 3. The van der Waals surface area contributed by atoms with Gasteiger partial charge in [-0.3, -0.25) is 4.98 Å². The number of pyridine rings is 1. The zero-order valence-electron chi connectivity index (χ0n) is 19.7. The summed E-state index contributed by atoms with van der Waals surface area (Å²) in [5.74, 6) is -2.46. The average Bonchev–Trinajstić information content (AvgIpc) is 2.79. The number of nitrogens with one attached hydrogen (secondary N) is 3. The maximum atomic E-state index is 12.5. The highest BCUT2D eigenvalue weighted by Crippen LogP contribution is 2.24. The topological polar surface area (TPSA) is 175 Å². The van der Waals surface area contributed by atoms with E-state index in [0.717, 1.165) is 11.3 Å². The second kappa shape index (κ2) is 12.3. The standard InChI is InChI=1S/C16H20N4O3S.C8H6O4/c1-11(2)18-16(21)20-24(22,23)15-10-17-8-7-14(15)19-13-6-4-5-12(3)9-13;9-7(10)5-3-1-2-4-6(5)8(11)12/h4-11H,1-3H3,(H,17,19)(H2,18,20,21);1-4H,(H,9,10)(H,11,12). The van der Waals surface area contributed by atoms with E-state index in [1.54, 1.807) is 13.8 Å². The molecule has 0 unspecified atom stereocenters. The van der Waals surface area contributed by atoms with Gasteiger partial charge in [-0.25, -0.2) is 27.5 Å². The van der Waals surface area contributed by atoms with Gasteiger partial charge in [-0.15, -0.1) is 0 Å². The number of anilines is 2. The molecule has 0 bridgehead atoms. The Morgan fingerprint density at radius 1 is 0.917 bits per heavy atom. The number of aromatic nitrogens is 1. The highest BCUT2D eigenvalue weighted by molar-refractivity contribution is 7.90. The molecule has 1 heterocycles. The molecule has 12 heteroatoms. The molecule has 2 aromatic carbocycles. The van der Waals surface area contributed by atoms with Gasteiger partial charge < -0.3 is 20.8 Å². The van der Waals surface area contributed by atoms with Crippen molar-refractivity contribution in [3.8, 4) is 0 Å². The lowest BCUT2D eigenvalue weighted by Crippen LogP contribution is -2.42. The Hall–Kier alpha value is -4.45. The molecule has 0 saturated carbocycles. The first-order chi connectivity index (χ1) is 16.9. The Kier molecular flexibility index (Phi) is 9.50. The van der Waals surface area contributed by atoms with Gasteiger partial charge in [0.2, 0.25) is 0 Å². The van der Waals surface area contributed by atoms with Crippen LogP contribution in [0.25, 0.3) is 0 Å². The van der Waals surface area contributed by atoms with E-state index < -0.39 is 28.0 Å². The van der Waals surface area contributed by atoms with Crippen LogP contribution in [0.2, 0.25) is 0 Å². The van der Waals surface area contributed by atoms with E-state index in [-0.39, 0.29) is 22.1 Å². The number of hydrogen-bond acceptors (Lipinski definition) is 7. The molecule has 0 spiro atoms. The summed E-state index contributed by atoms with van der Waals surface area (Å²) < 4.78 is 26.9. The van der Waals surface area contributed by atoms with Crippen molar-refractivity contribution in [3.05, 3.63) is 83.7 Å². The zero-order valence-corrected chi connectivity index (χ0v) is 20.5. The van der Waals surface area contributed by atoms with E-state index in [1.807, 2.05) is 35.9 Å². The number of nitrogens with zero attached hydrogens (tertiary/aromatic N) is 1. The number of benzene rings is 2. The van der Waals surface area contributed by atoms with Crippen molar-refractivity contribution in [1.29, 1.82) is 0 Å².